The Labute approximate surface area is 142 Å². The van der Waals surface area contributed by atoms with Gasteiger partial charge in [0.1, 0.15) is 0 Å². The predicted molar refractivity (Wildman–Crippen MR) is 95.7 cm³/mol. The zero-order valence-corrected chi connectivity index (χ0v) is 13.6. The number of pyridine rings is 1. The molecule has 1 radical (unpaired) electrons. The van der Waals surface area contributed by atoms with Gasteiger partial charge < -0.3 is 4.74 Å². The average molecular weight is 317 g/mol. The lowest BCUT2D eigenvalue weighted by atomic mass is 9.95. The first-order valence-corrected chi connectivity index (χ1v) is 8.56. The van der Waals surface area contributed by atoms with Gasteiger partial charge >= 0.3 is 0 Å². The van der Waals surface area contributed by atoms with Crippen molar-refractivity contribution >= 4 is 10.9 Å². The third-order valence-electron chi connectivity index (χ3n) is 4.59. The molecule has 0 aliphatic carbocycles. The highest BCUT2D eigenvalue weighted by Crippen LogP contribution is 2.26. The van der Waals surface area contributed by atoms with E-state index in [1.54, 1.807) is 0 Å². The van der Waals surface area contributed by atoms with E-state index in [4.69, 9.17) is 10.1 Å². The maximum absolute atomic E-state index is 6.15. The van der Waals surface area contributed by atoms with Gasteiger partial charge in [-0.15, -0.1) is 0 Å². The maximum atomic E-state index is 6.15. The Bertz CT molecular complexity index is 803. The van der Waals surface area contributed by atoms with Crippen molar-refractivity contribution in [2.75, 3.05) is 6.54 Å². The topological polar surface area (TPSA) is 36.2 Å². The number of hydrogen-bond donors (Lipinski definition) is 0. The molecule has 0 spiro atoms. The quantitative estimate of drug-likeness (QED) is 0.721. The van der Waals surface area contributed by atoms with E-state index in [0.29, 0.717) is 6.61 Å². The molecule has 0 bridgehead atoms. The Morgan fingerprint density at radius 1 is 0.917 bits per heavy atom. The number of hydrogen-bond acceptors (Lipinski definition) is 2. The molecule has 0 amide bonds. The molecule has 0 saturated carbocycles. The van der Waals surface area contributed by atoms with E-state index in [0.717, 1.165) is 30.6 Å². The standard InChI is InChI=1S/C21H21N2O/c1-2-6-16(7-3-1)21-14-19(12-13-22-21)24-15-18-11-10-17-8-4-5-9-20(17)23-18/h1-11,19,21H,12-15H2. The minimum atomic E-state index is 0.251. The van der Waals surface area contributed by atoms with Gasteiger partial charge in [0.05, 0.1) is 30.0 Å². The molecule has 2 heterocycles. The molecule has 0 N–H and O–H groups in total. The number of piperidine rings is 1. The zero-order chi connectivity index (χ0) is 16.2. The van der Waals surface area contributed by atoms with Crippen molar-refractivity contribution in [2.24, 2.45) is 0 Å². The summed E-state index contributed by atoms with van der Waals surface area (Å²) in [4.78, 5) is 4.69. The van der Waals surface area contributed by atoms with E-state index in [1.165, 1.54) is 10.9 Å². The van der Waals surface area contributed by atoms with E-state index in [9.17, 15) is 0 Å². The van der Waals surface area contributed by atoms with E-state index >= 15 is 0 Å². The lowest BCUT2D eigenvalue weighted by Crippen LogP contribution is -2.31. The van der Waals surface area contributed by atoms with Gasteiger partial charge in [0.2, 0.25) is 0 Å². The van der Waals surface area contributed by atoms with Gasteiger partial charge in [-0.3, -0.25) is 4.98 Å². The summed E-state index contributed by atoms with van der Waals surface area (Å²) < 4.78 is 6.15. The summed E-state index contributed by atoms with van der Waals surface area (Å²) in [5.41, 5.74) is 3.31. The molecule has 3 nitrogen and oxygen atoms in total. The second-order valence-electron chi connectivity index (χ2n) is 6.29. The smallest absolute Gasteiger partial charge is 0.0891 e. The summed E-state index contributed by atoms with van der Waals surface area (Å²) in [6.45, 7) is 1.44. The summed E-state index contributed by atoms with van der Waals surface area (Å²) >= 11 is 0. The Kier molecular flexibility index (Phi) is 4.54. The first-order valence-electron chi connectivity index (χ1n) is 8.56. The van der Waals surface area contributed by atoms with Crippen LogP contribution in [-0.4, -0.2) is 17.6 Å². The van der Waals surface area contributed by atoms with Crippen LogP contribution in [0.3, 0.4) is 0 Å². The number of nitrogens with zero attached hydrogens (tertiary/aromatic N) is 2. The van der Waals surface area contributed by atoms with Crippen LogP contribution >= 0.6 is 0 Å². The first kappa shape index (κ1) is 15.3. The highest BCUT2D eigenvalue weighted by molar-refractivity contribution is 5.78. The molecule has 3 aromatic rings. The number of rotatable bonds is 4. The Hall–Kier alpha value is -2.23. The van der Waals surface area contributed by atoms with Crippen LogP contribution in [0, 0.1) is 0 Å². The zero-order valence-electron chi connectivity index (χ0n) is 13.6. The van der Waals surface area contributed by atoms with E-state index in [1.807, 2.05) is 24.3 Å². The van der Waals surface area contributed by atoms with Crippen LogP contribution in [0.5, 0.6) is 0 Å². The molecular weight excluding hydrogens is 296 g/mol. The van der Waals surface area contributed by atoms with Crippen LogP contribution in [-0.2, 0) is 11.3 Å². The van der Waals surface area contributed by atoms with Crippen LogP contribution in [0.2, 0.25) is 0 Å². The molecule has 3 heteroatoms. The van der Waals surface area contributed by atoms with Gasteiger partial charge in [-0.1, -0.05) is 54.6 Å². The first-order chi connectivity index (χ1) is 11.9. The monoisotopic (exact) mass is 317 g/mol. The lowest BCUT2D eigenvalue weighted by molar-refractivity contribution is 0.00839. The fourth-order valence-electron chi connectivity index (χ4n) is 3.28. The number of fused-ring (bicyclic) bond motifs is 1. The summed E-state index contributed by atoms with van der Waals surface area (Å²) in [7, 11) is 0. The lowest BCUT2D eigenvalue weighted by Gasteiger charge is -2.29. The van der Waals surface area contributed by atoms with Gasteiger partial charge in [0.25, 0.3) is 0 Å². The van der Waals surface area contributed by atoms with Crippen LogP contribution in [0.25, 0.3) is 10.9 Å². The van der Waals surface area contributed by atoms with Crippen molar-refractivity contribution in [2.45, 2.75) is 31.6 Å². The molecular formula is C21H21N2O. The molecule has 1 saturated heterocycles. The number of benzene rings is 2. The molecule has 24 heavy (non-hydrogen) atoms. The predicted octanol–water partition coefficient (Wildman–Crippen LogP) is 4.26. The molecule has 1 aromatic heterocycles. The van der Waals surface area contributed by atoms with Crippen molar-refractivity contribution in [1.82, 2.24) is 10.3 Å². The van der Waals surface area contributed by atoms with Crippen LogP contribution in [0.4, 0.5) is 0 Å². The second kappa shape index (κ2) is 7.12. The summed E-state index contributed by atoms with van der Waals surface area (Å²) in [5.74, 6) is 0. The third kappa shape index (κ3) is 3.48. The van der Waals surface area contributed by atoms with Crippen molar-refractivity contribution < 1.29 is 4.74 Å². The number of ether oxygens (including phenoxy) is 1. The summed E-state index contributed by atoms with van der Waals surface area (Å²) in [6, 6.07) is 23.1. The normalized spacial score (nSPS) is 21.0. The Morgan fingerprint density at radius 3 is 2.67 bits per heavy atom. The van der Waals surface area contributed by atoms with Crippen molar-refractivity contribution in [3.8, 4) is 0 Å². The number of para-hydroxylation sites is 1. The highest BCUT2D eigenvalue weighted by atomic mass is 16.5. The minimum Gasteiger partial charge on any atom is -0.372 e. The van der Waals surface area contributed by atoms with Crippen LogP contribution in [0.1, 0.15) is 30.1 Å². The SMILES string of the molecule is c1ccc(C2CC(OCc3ccc4ccccc4n3)CC[N]2)cc1. The molecule has 1 aliphatic rings. The van der Waals surface area contributed by atoms with E-state index < -0.39 is 0 Å². The summed E-state index contributed by atoms with van der Waals surface area (Å²) in [6.07, 6.45) is 2.20. The Balaban J connectivity index is 1.39. The van der Waals surface area contributed by atoms with Crippen molar-refractivity contribution in [1.29, 1.82) is 0 Å². The van der Waals surface area contributed by atoms with Gasteiger partial charge in [0, 0.05) is 11.9 Å². The maximum Gasteiger partial charge on any atom is 0.0891 e. The van der Waals surface area contributed by atoms with Crippen molar-refractivity contribution in [3.05, 3.63) is 78.0 Å². The minimum absolute atomic E-state index is 0.251. The van der Waals surface area contributed by atoms with E-state index in [2.05, 4.69) is 47.4 Å². The third-order valence-corrected chi connectivity index (χ3v) is 4.59. The molecule has 1 fully saturated rings. The fourth-order valence-corrected chi connectivity index (χ4v) is 3.28. The molecule has 2 unspecified atom stereocenters. The summed E-state index contributed by atoms with van der Waals surface area (Å²) in [5, 5.41) is 5.92. The molecule has 2 atom stereocenters. The largest absolute Gasteiger partial charge is 0.372 e. The van der Waals surface area contributed by atoms with Gasteiger partial charge in [-0.05, 0) is 30.5 Å². The van der Waals surface area contributed by atoms with Gasteiger partial charge in [0.15, 0.2) is 0 Å². The highest BCUT2D eigenvalue weighted by Gasteiger charge is 2.24. The molecule has 121 valence electrons. The second-order valence-corrected chi connectivity index (χ2v) is 6.29. The van der Waals surface area contributed by atoms with E-state index in [-0.39, 0.29) is 12.1 Å². The Morgan fingerprint density at radius 2 is 1.75 bits per heavy atom. The molecule has 4 rings (SSSR count). The molecule has 2 aromatic carbocycles. The van der Waals surface area contributed by atoms with Crippen LogP contribution in [0.15, 0.2) is 66.7 Å². The fraction of sp³-hybridized carbons (Fsp3) is 0.286. The molecule has 1 aliphatic heterocycles. The van der Waals surface area contributed by atoms with Crippen molar-refractivity contribution in [3.63, 3.8) is 0 Å². The average Bonchev–Trinajstić information content (AvgIpc) is 2.67. The van der Waals surface area contributed by atoms with Gasteiger partial charge in [-0.25, -0.2) is 5.32 Å². The van der Waals surface area contributed by atoms with Crippen LogP contribution < -0.4 is 5.32 Å². The van der Waals surface area contributed by atoms with Gasteiger partial charge in [-0.2, -0.15) is 0 Å². The number of aromatic nitrogens is 1.